The third-order valence-electron chi connectivity index (χ3n) is 4.77. The summed E-state index contributed by atoms with van der Waals surface area (Å²) in [4.78, 5) is 36.2. The molecular weight excluding hydrogens is 363 g/mol. The van der Waals surface area contributed by atoms with E-state index >= 15 is 0 Å². The van der Waals surface area contributed by atoms with Crippen molar-refractivity contribution in [1.29, 1.82) is 0 Å². The Hall–Kier alpha value is -3.55. The van der Waals surface area contributed by atoms with E-state index in [1.807, 2.05) is 4.90 Å². The third-order valence-corrected chi connectivity index (χ3v) is 4.77. The number of benzene rings is 2. The molecule has 0 saturated carbocycles. The second kappa shape index (κ2) is 6.88. The Morgan fingerprint density at radius 3 is 2.50 bits per heavy atom. The van der Waals surface area contributed by atoms with Gasteiger partial charge in [-0.05, 0) is 42.5 Å². The number of fused-ring (bicyclic) bond motifs is 1. The molecule has 0 bridgehead atoms. The molecule has 0 unspecified atom stereocenters. The summed E-state index contributed by atoms with van der Waals surface area (Å²) >= 11 is 0. The fourth-order valence-corrected chi connectivity index (χ4v) is 3.14. The number of piperazine rings is 1. The molecule has 1 aliphatic heterocycles. The zero-order valence-corrected chi connectivity index (χ0v) is 15.1. The Labute approximate surface area is 160 Å². The molecule has 142 valence electrons. The predicted molar refractivity (Wildman–Crippen MR) is 102 cm³/mol. The first kappa shape index (κ1) is 17.8. The van der Waals surface area contributed by atoms with Crippen molar-refractivity contribution in [3.8, 4) is 11.3 Å². The highest BCUT2D eigenvalue weighted by Crippen LogP contribution is 2.31. The number of carboxylic acids is 1. The molecule has 4 rings (SSSR count). The normalized spacial score (nSPS) is 14.6. The lowest BCUT2D eigenvalue weighted by molar-refractivity contribution is -0.129. The lowest BCUT2D eigenvalue weighted by atomic mass is 10.1. The van der Waals surface area contributed by atoms with Gasteiger partial charge >= 0.3 is 5.97 Å². The smallest absolute Gasteiger partial charge is 0.335 e. The topological polar surface area (TPSA) is 86.6 Å². The number of carboxylic acid groups (broad SMARTS) is 1. The van der Waals surface area contributed by atoms with Crippen LogP contribution in [0.5, 0.6) is 0 Å². The van der Waals surface area contributed by atoms with Gasteiger partial charge < -0.3 is 14.9 Å². The number of halogens is 1. The summed E-state index contributed by atoms with van der Waals surface area (Å²) in [5.41, 5.74) is 2.24. The van der Waals surface area contributed by atoms with Crippen molar-refractivity contribution < 1.29 is 19.1 Å². The zero-order chi connectivity index (χ0) is 19.8. The van der Waals surface area contributed by atoms with E-state index in [2.05, 4.69) is 9.97 Å². The predicted octanol–water partition coefficient (Wildman–Crippen LogP) is 2.41. The van der Waals surface area contributed by atoms with Crippen LogP contribution in [0.3, 0.4) is 0 Å². The summed E-state index contributed by atoms with van der Waals surface area (Å²) in [5, 5.41) is 9.24. The minimum atomic E-state index is -1.05. The van der Waals surface area contributed by atoms with Crippen molar-refractivity contribution in [3.05, 3.63) is 53.8 Å². The molecular formula is C20H17FN4O3. The van der Waals surface area contributed by atoms with E-state index in [4.69, 9.17) is 0 Å². The van der Waals surface area contributed by atoms with E-state index in [1.165, 1.54) is 24.3 Å². The number of nitrogens with zero attached hydrogens (tertiary/aromatic N) is 4. The van der Waals surface area contributed by atoms with Gasteiger partial charge in [0.15, 0.2) is 5.82 Å². The van der Waals surface area contributed by atoms with Crippen LogP contribution in [0.1, 0.15) is 10.4 Å². The van der Waals surface area contributed by atoms with Crippen molar-refractivity contribution in [2.24, 2.45) is 0 Å². The number of carbonyl (C=O) groups excluding carboxylic acids is 1. The Balaban J connectivity index is 1.89. The lowest BCUT2D eigenvalue weighted by Crippen LogP contribution is -2.49. The van der Waals surface area contributed by atoms with Crippen LogP contribution < -0.4 is 4.90 Å². The van der Waals surface area contributed by atoms with Gasteiger partial charge in [0.2, 0.25) is 5.91 Å². The molecule has 1 fully saturated rings. The molecule has 1 saturated heterocycles. The maximum Gasteiger partial charge on any atom is 0.335 e. The van der Waals surface area contributed by atoms with E-state index in [9.17, 15) is 19.1 Å². The van der Waals surface area contributed by atoms with Gasteiger partial charge in [-0.15, -0.1) is 0 Å². The quantitative estimate of drug-likeness (QED) is 0.751. The minimum Gasteiger partial charge on any atom is -0.478 e. The monoisotopic (exact) mass is 380 g/mol. The number of aromatic nitrogens is 2. The van der Waals surface area contributed by atoms with Gasteiger partial charge in [0.25, 0.3) is 0 Å². The van der Waals surface area contributed by atoms with E-state index in [0.717, 1.165) is 0 Å². The zero-order valence-electron chi connectivity index (χ0n) is 15.1. The SMILES string of the molecule is CN1CCN(c2nc3cc(C(=O)O)ccc3nc2-c2ccc(F)cc2)CC1=O. The van der Waals surface area contributed by atoms with Gasteiger partial charge in [-0.1, -0.05) is 0 Å². The summed E-state index contributed by atoms with van der Waals surface area (Å²) in [7, 11) is 1.74. The number of hydrogen-bond acceptors (Lipinski definition) is 5. The minimum absolute atomic E-state index is 0.0440. The van der Waals surface area contributed by atoms with Gasteiger partial charge in [-0.3, -0.25) is 4.79 Å². The van der Waals surface area contributed by atoms with E-state index in [1.54, 1.807) is 30.1 Å². The molecule has 8 heteroatoms. The van der Waals surface area contributed by atoms with Gasteiger partial charge in [0.05, 0.1) is 23.1 Å². The number of amides is 1. The molecule has 1 N–H and O–H groups in total. The van der Waals surface area contributed by atoms with Crippen molar-refractivity contribution in [3.63, 3.8) is 0 Å². The molecule has 1 aliphatic rings. The Bertz CT molecular complexity index is 1080. The average Bonchev–Trinajstić information content (AvgIpc) is 2.69. The fraction of sp³-hybridized carbons (Fsp3) is 0.200. The molecule has 3 aromatic rings. The summed E-state index contributed by atoms with van der Waals surface area (Å²) in [5.74, 6) is -0.983. The van der Waals surface area contributed by atoms with Crippen LogP contribution in [0, 0.1) is 5.82 Å². The Morgan fingerprint density at radius 1 is 1.07 bits per heavy atom. The number of aromatic carboxylic acids is 1. The Morgan fingerprint density at radius 2 is 1.82 bits per heavy atom. The standard InChI is InChI=1S/C20H17FN4O3/c1-24-8-9-25(11-17(24)26)19-18(12-2-5-14(21)6-3-12)22-15-7-4-13(20(27)28)10-16(15)23-19/h2-7,10H,8-9,11H2,1H3,(H,27,28). The number of hydrogen-bond donors (Lipinski definition) is 1. The average molecular weight is 380 g/mol. The van der Waals surface area contributed by atoms with Crippen LogP contribution in [-0.4, -0.2) is 58.5 Å². The summed E-state index contributed by atoms with van der Waals surface area (Å²) in [6.07, 6.45) is 0. The highest BCUT2D eigenvalue weighted by Gasteiger charge is 2.25. The first-order valence-electron chi connectivity index (χ1n) is 8.72. The number of rotatable bonds is 3. The molecule has 1 amide bonds. The van der Waals surface area contributed by atoms with E-state index in [0.29, 0.717) is 41.2 Å². The second-order valence-electron chi connectivity index (χ2n) is 6.65. The molecule has 7 nitrogen and oxygen atoms in total. The third kappa shape index (κ3) is 3.24. The highest BCUT2D eigenvalue weighted by molar-refractivity contribution is 5.94. The summed E-state index contributed by atoms with van der Waals surface area (Å²) in [6.45, 7) is 1.25. The van der Waals surface area contributed by atoms with Crippen LogP contribution in [0.2, 0.25) is 0 Å². The van der Waals surface area contributed by atoms with Gasteiger partial charge in [0.1, 0.15) is 11.5 Å². The first-order valence-corrected chi connectivity index (χ1v) is 8.72. The molecule has 1 aromatic heterocycles. The molecule has 2 aromatic carbocycles. The maximum absolute atomic E-state index is 13.4. The van der Waals surface area contributed by atoms with Gasteiger partial charge in [0, 0.05) is 25.7 Å². The molecule has 0 atom stereocenters. The number of likely N-dealkylation sites (N-methyl/N-ethyl adjacent to an activating group) is 1. The molecule has 2 heterocycles. The second-order valence-corrected chi connectivity index (χ2v) is 6.65. The van der Waals surface area contributed by atoms with Crippen LogP contribution in [0.25, 0.3) is 22.3 Å². The van der Waals surface area contributed by atoms with Crippen LogP contribution in [-0.2, 0) is 4.79 Å². The molecule has 0 radical (unpaired) electrons. The van der Waals surface area contributed by atoms with Crippen LogP contribution in [0.4, 0.5) is 10.2 Å². The molecule has 0 spiro atoms. The highest BCUT2D eigenvalue weighted by atomic mass is 19.1. The molecule has 0 aliphatic carbocycles. The van der Waals surface area contributed by atoms with Gasteiger partial charge in [-0.2, -0.15) is 0 Å². The van der Waals surface area contributed by atoms with Crippen molar-refractivity contribution >= 4 is 28.7 Å². The van der Waals surface area contributed by atoms with Crippen molar-refractivity contribution in [1.82, 2.24) is 14.9 Å². The van der Waals surface area contributed by atoms with Crippen molar-refractivity contribution in [2.45, 2.75) is 0 Å². The fourth-order valence-electron chi connectivity index (χ4n) is 3.14. The van der Waals surface area contributed by atoms with Crippen LogP contribution in [0.15, 0.2) is 42.5 Å². The van der Waals surface area contributed by atoms with Crippen molar-refractivity contribution in [2.75, 3.05) is 31.6 Å². The number of anilines is 1. The lowest BCUT2D eigenvalue weighted by Gasteiger charge is -2.33. The summed E-state index contributed by atoms with van der Waals surface area (Å²) < 4.78 is 13.4. The largest absolute Gasteiger partial charge is 0.478 e. The maximum atomic E-state index is 13.4. The Kier molecular flexibility index (Phi) is 4.38. The first-order chi connectivity index (χ1) is 13.4. The number of carbonyl (C=O) groups is 2. The molecule has 28 heavy (non-hydrogen) atoms. The van der Waals surface area contributed by atoms with E-state index in [-0.39, 0.29) is 23.8 Å². The van der Waals surface area contributed by atoms with Crippen LogP contribution >= 0.6 is 0 Å². The van der Waals surface area contributed by atoms with E-state index < -0.39 is 5.97 Å². The summed E-state index contributed by atoms with van der Waals surface area (Å²) in [6, 6.07) is 10.4. The van der Waals surface area contributed by atoms with Gasteiger partial charge in [-0.25, -0.2) is 19.2 Å².